The molecule has 286 valence electrons. The number of nitrogens with zero attached hydrogens (tertiary/aromatic N) is 7. The summed E-state index contributed by atoms with van der Waals surface area (Å²) in [6, 6.07) is 15.9. The molecular formula is C40H45FN10O4. The van der Waals surface area contributed by atoms with Crippen LogP contribution in [0.25, 0.3) is 5.69 Å². The SMILES string of the molecule is CC(C)(O)c1nn(-c2ccc(N3CCN(CC4CCN(c5ccc(NC6CCC(=O)NC6=O)cc5F)CC4)CC3)cc2)cc1NC(=O)c1cncc(C#N)c1. The first kappa shape index (κ1) is 37.5. The van der Waals surface area contributed by atoms with E-state index in [1.807, 2.05) is 18.2 Å². The number of piperazine rings is 1. The Labute approximate surface area is 318 Å². The molecule has 3 aliphatic rings. The summed E-state index contributed by atoms with van der Waals surface area (Å²) in [5.41, 5.74) is 2.79. The van der Waals surface area contributed by atoms with Gasteiger partial charge >= 0.3 is 0 Å². The number of carbonyl (C=O) groups is 3. The molecule has 55 heavy (non-hydrogen) atoms. The zero-order valence-electron chi connectivity index (χ0n) is 31.0. The number of piperidine rings is 2. The van der Waals surface area contributed by atoms with Crippen molar-refractivity contribution in [2.24, 2.45) is 5.92 Å². The number of benzene rings is 2. The lowest BCUT2D eigenvalue weighted by molar-refractivity contribution is -0.133. The maximum atomic E-state index is 15.2. The molecule has 0 saturated carbocycles. The summed E-state index contributed by atoms with van der Waals surface area (Å²) in [5.74, 6) is -0.912. The van der Waals surface area contributed by atoms with E-state index in [0.717, 1.165) is 70.0 Å². The highest BCUT2D eigenvalue weighted by Crippen LogP contribution is 2.31. The first-order chi connectivity index (χ1) is 26.4. The average Bonchev–Trinajstić information content (AvgIpc) is 3.61. The molecule has 2 aromatic carbocycles. The number of aliphatic hydroxyl groups is 1. The first-order valence-electron chi connectivity index (χ1n) is 18.6. The fraction of sp³-hybridized carbons (Fsp3) is 0.400. The number of aromatic nitrogens is 3. The predicted molar refractivity (Wildman–Crippen MR) is 205 cm³/mol. The minimum absolute atomic E-state index is 0.224. The van der Waals surface area contributed by atoms with Crippen LogP contribution in [0.15, 0.2) is 67.1 Å². The van der Waals surface area contributed by atoms with Gasteiger partial charge in [0.05, 0.1) is 34.4 Å². The standard InChI is InChI=1S/C40H45FN10O4/c1-40(2,55)37-34(45-38(53)28-19-27(21-42)22-43-23-28)25-51(47-37)31-6-4-30(5-7-31)49-17-15-48(16-18-49)24-26-11-13-50(14-12-26)35-9-3-29(20-32(35)41)44-33-8-10-36(52)46-39(33)54/h3-7,9,19-20,22-23,25-26,33,44,55H,8,10-18,24H2,1-2H3,(H,45,53)(H,46,52,54). The van der Waals surface area contributed by atoms with E-state index < -0.39 is 17.6 Å². The van der Waals surface area contributed by atoms with Gasteiger partial charge in [0, 0.05) is 76.0 Å². The predicted octanol–water partition coefficient (Wildman–Crippen LogP) is 4.01. The van der Waals surface area contributed by atoms with Crippen LogP contribution < -0.4 is 25.8 Å². The van der Waals surface area contributed by atoms with Gasteiger partial charge in [-0.05, 0) is 87.6 Å². The highest BCUT2D eigenvalue weighted by atomic mass is 19.1. The number of rotatable bonds is 10. The highest BCUT2D eigenvalue weighted by Gasteiger charge is 2.29. The van der Waals surface area contributed by atoms with Crippen molar-refractivity contribution >= 4 is 40.5 Å². The summed E-state index contributed by atoms with van der Waals surface area (Å²) in [5, 5.41) is 32.8. The van der Waals surface area contributed by atoms with Crippen LogP contribution in [0.1, 0.15) is 61.1 Å². The summed E-state index contributed by atoms with van der Waals surface area (Å²) in [6.45, 7) is 9.47. The first-order valence-corrected chi connectivity index (χ1v) is 18.6. The van der Waals surface area contributed by atoms with E-state index in [-0.39, 0.29) is 35.2 Å². The summed E-state index contributed by atoms with van der Waals surface area (Å²) in [4.78, 5) is 47.5. The van der Waals surface area contributed by atoms with Gasteiger partial charge in [-0.25, -0.2) is 9.07 Å². The van der Waals surface area contributed by atoms with Gasteiger partial charge in [0.2, 0.25) is 11.8 Å². The maximum Gasteiger partial charge on any atom is 0.257 e. The normalized spacial score (nSPS) is 18.5. The number of hydrogen-bond donors (Lipinski definition) is 4. The number of anilines is 4. The van der Waals surface area contributed by atoms with E-state index in [4.69, 9.17) is 0 Å². The molecule has 2 aromatic heterocycles. The fourth-order valence-electron chi connectivity index (χ4n) is 7.48. The van der Waals surface area contributed by atoms with Gasteiger partial charge < -0.3 is 25.5 Å². The van der Waals surface area contributed by atoms with Gasteiger partial charge in [-0.3, -0.25) is 29.6 Å². The van der Waals surface area contributed by atoms with Crippen LogP contribution in [0.4, 0.5) is 27.1 Å². The molecule has 14 nitrogen and oxygen atoms in total. The zero-order chi connectivity index (χ0) is 38.7. The number of amides is 3. The number of imide groups is 1. The van der Waals surface area contributed by atoms with E-state index in [2.05, 4.69) is 52.9 Å². The molecule has 3 fully saturated rings. The Balaban J connectivity index is 0.891. The molecule has 1 unspecified atom stereocenters. The minimum Gasteiger partial charge on any atom is -0.384 e. The molecule has 0 aliphatic carbocycles. The molecule has 4 N–H and O–H groups in total. The third-order valence-corrected chi connectivity index (χ3v) is 10.5. The Morgan fingerprint density at radius 1 is 0.982 bits per heavy atom. The minimum atomic E-state index is -1.33. The molecule has 3 amide bonds. The van der Waals surface area contributed by atoms with E-state index in [9.17, 15) is 24.8 Å². The second kappa shape index (κ2) is 15.9. The van der Waals surface area contributed by atoms with Crippen molar-refractivity contribution < 1.29 is 23.9 Å². The smallest absolute Gasteiger partial charge is 0.257 e. The Kier molecular flexibility index (Phi) is 10.8. The molecule has 0 spiro atoms. The molecule has 3 aliphatic heterocycles. The Bertz CT molecular complexity index is 2090. The Morgan fingerprint density at radius 2 is 1.71 bits per heavy atom. The van der Waals surface area contributed by atoms with Crippen molar-refractivity contribution in [1.29, 1.82) is 5.26 Å². The van der Waals surface area contributed by atoms with Gasteiger partial charge in [0.1, 0.15) is 29.2 Å². The number of pyridine rings is 1. The summed E-state index contributed by atoms with van der Waals surface area (Å²) in [7, 11) is 0. The van der Waals surface area contributed by atoms with Crippen LogP contribution in [0.2, 0.25) is 0 Å². The van der Waals surface area contributed by atoms with E-state index in [1.165, 1.54) is 24.5 Å². The summed E-state index contributed by atoms with van der Waals surface area (Å²) >= 11 is 0. The average molecular weight is 749 g/mol. The molecule has 0 radical (unpaired) electrons. The van der Waals surface area contributed by atoms with Crippen molar-refractivity contribution in [2.45, 2.75) is 51.2 Å². The quantitative estimate of drug-likeness (QED) is 0.173. The van der Waals surface area contributed by atoms with Crippen LogP contribution in [0, 0.1) is 23.1 Å². The van der Waals surface area contributed by atoms with Crippen LogP contribution in [0.5, 0.6) is 0 Å². The van der Waals surface area contributed by atoms with Gasteiger partial charge in [-0.15, -0.1) is 0 Å². The van der Waals surface area contributed by atoms with Crippen molar-refractivity contribution in [3.63, 3.8) is 0 Å². The van der Waals surface area contributed by atoms with Gasteiger partial charge in [0.25, 0.3) is 5.91 Å². The molecule has 0 bridgehead atoms. The molecule has 7 rings (SSSR count). The number of hydrogen-bond acceptors (Lipinski definition) is 11. The zero-order valence-corrected chi connectivity index (χ0v) is 31.0. The Hall–Kier alpha value is -5.85. The maximum absolute atomic E-state index is 15.2. The van der Waals surface area contributed by atoms with Gasteiger partial charge in [-0.2, -0.15) is 10.4 Å². The molecule has 3 saturated heterocycles. The van der Waals surface area contributed by atoms with Crippen molar-refractivity contribution in [3.8, 4) is 11.8 Å². The second-order valence-electron chi connectivity index (χ2n) is 15.0. The number of carbonyl (C=O) groups excluding carboxylic acids is 3. The molecular weight excluding hydrogens is 704 g/mol. The van der Waals surface area contributed by atoms with Crippen molar-refractivity contribution in [1.82, 2.24) is 25.0 Å². The Morgan fingerprint density at radius 3 is 2.38 bits per heavy atom. The molecule has 4 aromatic rings. The third-order valence-electron chi connectivity index (χ3n) is 10.5. The van der Waals surface area contributed by atoms with Gasteiger partial charge in [0.15, 0.2) is 0 Å². The van der Waals surface area contributed by atoms with Crippen LogP contribution in [-0.2, 0) is 15.2 Å². The number of halogens is 1. The second-order valence-corrected chi connectivity index (χ2v) is 15.0. The largest absolute Gasteiger partial charge is 0.384 e. The van der Waals surface area contributed by atoms with E-state index >= 15 is 4.39 Å². The van der Waals surface area contributed by atoms with Crippen molar-refractivity contribution in [2.75, 3.05) is 66.2 Å². The monoisotopic (exact) mass is 748 g/mol. The molecule has 1 atom stereocenters. The van der Waals surface area contributed by atoms with E-state index in [1.54, 1.807) is 36.9 Å². The topological polar surface area (TPSA) is 172 Å². The van der Waals surface area contributed by atoms with Crippen LogP contribution >= 0.6 is 0 Å². The molecule has 5 heterocycles. The lowest BCUT2D eigenvalue weighted by atomic mass is 9.95. The van der Waals surface area contributed by atoms with Crippen LogP contribution in [-0.4, -0.2) is 94.3 Å². The number of nitriles is 1. The lowest BCUT2D eigenvalue weighted by Crippen LogP contribution is -2.49. The molecule has 15 heteroatoms. The van der Waals surface area contributed by atoms with Gasteiger partial charge in [-0.1, -0.05) is 0 Å². The van der Waals surface area contributed by atoms with E-state index in [0.29, 0.717) is 35.1 Å². The fourth-order valence-corrected chi connectivity index (χ4v) is 7.48. The third kappa shape index (κ3) is 8.77. The summed E-state index contributed by atoms with van der Waals surface area (Å²) in [6.07, 6.45) is 7.05. The number of nitrogens with one attached hydrogen (secondary N) is 3. The van der Waals surface area contributed by atoms with Crippen LogP contribution in [0.3, 0.4) is 0 Å². The lowest BCUT2D eigenvalue weighted by Gasteiger charge is -2.40. The highest BCUT2D eigenvalue weighted by molar-refractivity contribution is 6.04. The summed E-state index contributed by atoms with van der Waals surface area (Å²) < 4.78 is 16.8. The van der Waals surface area contributed by atoms with Crippen molar-refractivity contribution in [3.05, 3.63) is 89.8 Å².